The average molecular weight is 223 g/mol. The summed E-state index contributed by atoms with van der Waals surface area (Å²) < 4.78 is 0. The molecule has 0 aliphatic heterocycles. The molecule has 0 N–H and O–H groups in total. The van der Waals surface area contributed by atoms with Crippen LogP contribution in [-0.2, 0) is 0 Å². The van der Waals surface area contributed by atoms with Crippen molar-refractivity contribution in [2.24, 2.45) is 0 Å². The molecule has 0 aliphatic rings. The first-order chi connectivity index (χ1) is 1.73. The molecule has 0 saturated heterocycles. The molecule has 0 rings (SSSR count). The van der Waals surface area contributed by atoms with E-state index in [0.29, 0.717) is 0 Å². The molecule has 29 valence electrons. The smallest absolute Gasteiger partial charge is 0.907 e. The molecule has 0 amide bonds. The van der Waals surface area contributed by atoms with Crippen molar-refractivity contribution < 1.29 is 73.9 Å². The van der Waals surface area contributed by atoms with Crippen molar-refractivity contribution in [1.29, 1.82) is 0 Å². The van der Waals surface area contributed by atoms with Crippen molar-refractivity contribution in [3.8, 4) is 0 Å². The van der Waals surface area contributed by atoms with E-state index in [2.05, 4.69) is 0 Å². The fourth-order valence-corrected chi connectivity index (χ4v) is 0. The summed E-state index contributed by atoms with van der Waals surface area (Å²) in [5.41, 5.74) is 0. The van der Waals surface area contributed by atoms with E-state index >= 15 is 0 Å². The van der Waals surface area contributed by atoms with Gasteiger partial charge in [0, 0.05) is 0 Å². The summed E-state index contributed by atoms with van der Waals surface area (Å²) in [4.78, 5) is 0. The fourth-order valence-electron chi connectivity index (χ4n) is 0. The summed E-state index contributed by atoms with van der Waals surface area (Å²) in [5.74, 6) is 0. The molecule has 6 heavy (non-hydrogen) atoms. The van der Waals surface area contributed by atoms with Gasteiger partial charge in [0.05, 0.1) is 0 Å². The van der Waals surface area contributed by atoms with Crippen LogP contribution >= 0.6 is 0 Å². The summed E-state index contributed by atoms with van der Waals surface area (Å²) in [7, 11) is -2.92. The van der Waals surface area contributed by atoms with E-state index in [-0.39, 0.29) is 58.8 Å². The van der Waals surface area contributed by atoms with Crippen LogP contribution in [0.4, 0.5) is 0 Å². The summed E-state index contributed by atoms with van der Waals surface area (Å²) in [6.07, 6.45) is 0. The van der Waals surface area contributed by atoms with Crippen LogP contribution < -0.4 is 33.9 Å². The van der Waals surface area contributed by atoms with Crippen LogP contribution in [0, 0.1) is 39.9 Å². The monoisotopic (exact) mass is 224 g/mol. The molecule has 0 aliphatic carbocycles. The zero-order valence-electron chi connectivity index (χ0n) is 3.16. The third-order valence-electron chi connectivity index (χ3n) is 0. The van der Waals surface area contributed by atoms with Crippen LogP contribution in [0.2, 0.25) is 0 Å². The zero-order chi connectivity index (χ0) is 3.58. The van der Waals surface area contributed by atoms with E-state index in [4.69, 9.17) is 15.1 Å². The molecule has 0 aromatic rings. The molecule has 0 atom stereocenters. The summed E-state index contributed by atoms with van der Waals surface area (Å²) in [6.45, 7) is 0. The number of hydrogen-bond acceptors (Lipinski definition) is 3. The predicted molar refractivity (Wildman–Crippen MR) is 5.75 cm³/mol. The van der Waals surface area contributed by atoms with Gasteiger partial charge in [-0.05, 0) is 0 Å². The first-order valence-corrected chi connectivity index (χ1v) is 0.707. The van der Waals surface area contributed by atoms with E-state index in [1.807, 2.05) is 0 Å². The topological polar surface area (TPSA) is 69.2 Å². The van der Waals surface area contributed by atoms with Gasteiger partial charge in [-0.1, -0.05) is 0 Å². The Morgan fingerprint density at radius 3 is 1.00 bits per heavy atom. The maximum absolute atomic E-state index is 8.42. The normalized spacial score (nSPS) is 4.50. The molecule has 6 heteroatoms. The maximum Gasteiger partial charge on any atom is 3.00 e. The van der Waals surface area contributed by atoms with Gasteiger partial charge in [0.15, 0.2) is 0 Å². The predicted octanol–water partition coefficient (Wildman–Crippen LogP) is -6.94. The maximum atomic E-state index is 8.42. The van der Waals surface area contributed by atoms with Crippen molar-refractivity contribution in [3.05, 3.63) is 0 Å². The van der Waals surface area contributed by atoms with Crippen molar-refractivity contribution in [1.82, 2.24) is 0 Å². The second kappa shape index (κ2) is 9.98. The molecule has 0 heterocycles. The standard InChI is InChI=1S/BO3.Gd.Li/c2-1(3)4;;/q-3;+3;+1. The van der Waals surface area contributed by atoms with Gasteiger partial charge < -0.3 is 15.1 Å². The van der Waals surface area contributed by atoms with E-state index in [1.54, 1.807) is 0 Å². The first-order valence-electron chi connectivity index (χ1n) is 0.707. The molecule has 0 aromatic carbocycles. The van der Waals surface area contributed by atoms with Gasteiger partial charge in [0.1, 0.15) is 0 Å². The first kappa shape index (κ1) is 15.7. The molecule has 0 saturated carbocycles. The number of rotatable bonds is 0. The van der Waals surface area contributed by atoms with Gasteiger partial charge in [-0.15, -0.1) is 0 Å². The van der Waals surface area contributed by atoms with Gasteiger partial charge in [0.2, 0.25) is 0 Å². The van der Waals surface area contributed by atoms with Crippen LogP contribution in [0.15, 0.2) is 0 Å². The molecule has 0 fully saturated rings. The van der Waals surface area contributed by atoms with Crippen molar-refractivity contribution in [2.75, 3.05) is 0 Å². The van der Waals surface area contributed by atoms with Crippen molar-refractivity contribution in [3.63, 3.8) is 0 Å². The quantitative estimate of drug-likeness (QED) is 0.383. The van der Waals surface area contributed by atoms with Crippen LogP contribution in [0.1, 0.15) is 0 Å². The number of hydrogen-bond donors (Lipinski definition) is 0. The molecule has 1 radical (unpaired) electrons. The van der Waals surface area contributed by atoms with Crippen LogP contribution in [-0.4, -0.2) is 7.32 Å². The largest absolute Gasteiger partial charge is 3.00 e. The Hall–Kier alpha value is 1.87. The van der Waals surface area contributed by atoms with Gasteiger partial charge >= 0.3 is 58.8 Å². The van der Waals surface area contributed by atoms with Gasteiger partial charge in [-0.2, -0.15) is 0 Å². The minimum Gasteiger partial charge on any atom is -0.907 e. The summed E-state index contributed by atoms with van der Waals surface area (Å²) in [6, 6.07) is 0. The SMILES string of the molecule is [Gd+3].[Li+].[O-]B([O-])[O-]. The molecule has 0 unspecified atom stereocenters. The second-order valence-electron chi connectivity index (χ2n) is 0.289. The Labute approximate surface area is 80.2 Å². The molecular formula is BGdLiO3+. The minimum atomic E-state index is -2.92. The van der Waals surface area contributed by atoms with Gasteiger partial charge in [0.25, 0.3) is 0 Å². The zero-order valence-corrected chi connectivity index (χ0v) is 5.42. The van der Waals surface area contributed by atoms with Crippen LogP contribution in [0.3, 0.4) is 0 Å². The van der Waals surface area contributed by atoms with E-state index in [0.717, 1.165) is 0 Å². The van der Waals surface area contributed by atoms with Crippen LogP contribution in [0.5, 0.6) is 0 Å². The van der Waals surface area contributed by atoms with Crippen molar-refractivity contribution >= 4 is 7.32 Å². The van der Waals surface area contributed by atoms with E-state index < -0.39 is 7.32 Å². The van der Waals surface area contributed by atoms with Crippen LogP contribution in [0.25, 0.3) is 0 Å². The summed E-state index contributed by atoms with van der Waals surface area (Å²) in [5, 5.41) is 25.2. The van der Waals surface area contributed by atoms with E-state index in [9.17, 15) is 0 Å². The molecule has 0 bridgehead atoms. The second-order valence-corrected chi connectivity index (χ2v) is 0.289. The Morgan fingerprint density at radius 1 is 1.00 bits per heavy atom. The fraction of sp³-hybridized carbons (Fsp3) is 0. The third kappa shape index (κ3) is 39.9. The molecule has 3 nitrogen and oxygen atoms in total. The van der Waals surface area contributed by atoms with Gasteiger partial charge in [-0.3, -0.25) is 7.32 Å². The average Bonchev–Trinajstić information content (AvgIpc) is 0.811. The van der Waals surface area contributed by atoms with Crippen molar-refractivity contribution in [2.45, 2.75) is 0 Å². The summed E-state index contributed by atoms with van der Waals surface area (Å²) >= 11 is 0. The Morgan fingerprint density at radius 2 is 1.00 bits per heavy atom. The third-order valence-corrected chi connectivity index (χ3v) is 0. The molecular weight excluding hydrogens is 223 g/mol. The Bertz CT molecular complexity index is 15.5. The Kier molecular flexibility index (Phi) is 26.0. The van der Waals surface area contributed by atoms with Gasteiger partial charge in [-0.25, -0.2) is 0 Å². The minimum absolute atomic E-state index is 0. The Balaban J connectivity index is -0.0000000450. The molecule has 0 aromatic heterocycles. The molecule has 0 spiro atoms. The van der Waals surface area contributed by atoms with E-state index in [1.165, 1.54) is 0 Å².